The summed E-state index contributed by atoms with van der Waals surface area (Å²) >= 11 is 3.47. The zero-order valence-electron chi connectivity index (χ0n) is 14.2. The van der Waals surface area contributed by atoms with Gasteiger partial charge in [0.15, 0.2) is 0 Å². The number of hydrogen-bond acceptors (Lipinski definition) is 4. The van der Waals surface area contributed by atoms with Crippen molar-refractivity contribution >= 4 is 33.4 Å². The minimum atomic E-state index is -0.164. The predicted octanol–water partition coefficient (Wildman–Crippen LogP) is 1.56. The molecule has 1 aromatic rings. The molecule has 1 aliphatic heterocycles. The fraction of sp³-hybridized carbons (Fsp3) is 0.529. The standard InChI is InChI=1S/C17H24BrN3O3/c1-13-3-4-16(15(18)11-13)21(14(2)22)12-17(23)19-5-6-20-7-9-24-10-8-20/h3-4,11H,5-10,12H2,1-2H3,(H,19,23). The molecule has 0 aliphatic carbocycles. The lowest BCUT2D eigenvalue weighted by Crippen LogP contribution is -2.44. The average molecular weight is 398 g/mol. The third-order valence-corrected chi connectivity index (χ3v) is 4.56. The number of anilines is 1. The third kappa shape index (κ3) is 5.58. The van der Waals surface area contributed by atoms with Crippen molar-refractivity contribution in [1.82, 2.24) is 10.2 Å². The van der Waals surface area contributed by atoms with E-state index in [9.17, 15) is 9.59 Å². The van der Waals surface area contributed by atoms with Crippen molar-refractivity contribution < 1.29 is 14.3 Å². The number of hydrogen-bond donors (Lipinski definition) is 1. The monoisotopic (exact) mass is 397 g/mol. The van der Waals surface area contributed by atoms with E-state index in [1.807, 2.05) is 25.1 Å². The molecule has 0 aromatic heterocycles. The molecule has 1 N–H and O–H groups in total. The highest BCUT2D eigenvalue weighted by Gasteiger charge is 2.18. The number of nitrogens with zero attached hydrogens (tertiary/aromatic N) is 2. The van der Waals surface area contributed by atoms with Crippen molar-refractivity contribution in [3.63, 3.8) is 0 Å². The van der Waals surface area contributed by atoms with Crippen LogP contribution in [0.1, 0.15) is 12.5 Å². The maximum absolute atomic E-state index is 12.2. The summed E-state index contributed by atoms with van der Waals surface area (Å²) in [5, 5.41) is 2.89. The molecular weight excluding hydrogens is 374 g/mol. The maximum atomic E-state index is 12.2. The first kappa shape index (κ1) is 18.9. The van der Waals surface area contributed by atoms with Gasteiger partial charge >= 0.3 is 0 Å². The van der Waals surface area contributed by atoms with E-state index in [4.69, 9.17) is 4.74 Å². The lowest BCUT2D eigenvalue weighted by atomic mass is 10.2. The number of amides is 2. The van der Waals surface area contributed by atoms with Crippen LogP contribution in [0.5, 0.6) is 0 Å². The molecular formula is C17H24BrN3O3. The van der Waals surface area contributed by atoms with Crippen molar-refractivity contribution in [1.29, 1.82) is 0 Å². The van der Waals surface area contributed by atoms with Gasteiger partial charge in [0, 0.05) is 37.6 Å². The highest BCUT2D eigenvalue weighted by molar-refractivity contribution is 9.10. The first-order chi connectivity index (χ1) is 11.5. The quantitative estimate of drug-likeness (QED) is 0.790. The summed E-state index contributed by atoms with van der Waals surface area (Å²) in [6.07, 6.45) is 0. The molecule has 0 saturated carbocycles. The lowest BCUT2D eigenvalue weighted by Gasteiger charge is -2.27. The fourth-order valence-corrected chi connectivity index (χ4v) is 3.28. The van der Waals surface area contributed by atoms with Gasteiger partial charge < -0.3 is 15.0 Å². The SMILES string of the molecule is CC(=O)N(CC(=O)NCCN1CCOCC1)c1ccc(C)cc1Br. The van der Waals surface area contributed by atoms with Gasteiger partial charge in [-0.15, -0.1) is 0 Å². The van der Waals surface area contributed by atoms with Crippen LogP contribution >= 0.6 is 15.9 Å². The molecule has 6 nitrogen and oxygen atoms in total. The molecule has 1 saturated heterocycles. The Balaban J connectivity index is 1.87. The molecule has 0 bridgehead atoms. The molecule has 1 fully saturated rings. The van der Waals surface area contributed by atoms with Gasteiger partial charge in [0.05, 0.1) is 18.9 Å². The predicted molar refractivity (Wildman–Crippen MR) is 97.2 cm³/mol. The summed E-state index contributed by atoms with van der Waals surface area (Å²) in [6.45, 7) is 8.10. The zero-order valence-corrected chi connectivity index (χ0v) is 15.8. The second kappa shape index (κ2) is 9.15. The first-order valence-corrected chi connectivity index (χ1v) is 8.87. The number of benzene rings is 1. The molecule has 1 aromatic carbocycles. The van der Waals surface area contributed by atoms with E-state index < -0.39 is 0 Å². The molecule has 2 rings (SSSR count). The van der Waals surface area contributed by atoms with Gasteiger partial charge in [0.2, 0.25) is 11.8 Å². The Morgan fingerprint density at radius 1 is 1.33 bits per heavy atom. The van der Waals surface area contributed by atoms with Crippen LogP contribution in [0.15, 0.2) is 22.7 Å². The van der Waals surface area contributed by atoms with E-state index in [1.54, 1.807) is 0 Å². The topological polar surface area (TPSA) is 61.9 Å². The molecule has 0 spiro atoms. The Labute approximate surface area is 151 Å². The molecule has 2 amide bonds. The van der Waals surface area contributed by atoms with E-state index in [1.165, 1.54) is 11.8 Å². The lowest BCUT2D eigenvalue weighted by molar-refractivity contribution is -0.123. The smallest absolute Gasteiger partial charge is 0.240 e. The Morgan fingerprint density at radius 2 is 2.04 bits per heavy atom. The van der Waals surface area contributed by atoms with Crippen LogP contribution in [-0.2, 0) is 14.3 Å². The Bertz CT molecular complexity index is 588. The molecule has 0 radical (unpaired) electrons. The number of halogens is 1. The van der Waals surface area contributed by atoms with Crippen molar-refractivity contribution in [3.05, 3.63) is 28.2 Å². The van der Waals surface area contributed by atoms with Crippen molar-refractivity contribution in [2.24, 2.45) is 0 Å². The Kier molecular flexibility index (Phi) is 7.20. The van der Waals surface area contributed by atoms with Crippen molar-refractivity contribution in [2.45, 2.75) is 13.8 Å². The molecule has 24 heavy (non-hydrogen) atoms. The van der Waals surface area contributed by atoms with Crippen LogP contribution in [0.2, 0.25) is 0 Å². The molecule has 0 atom stereocenters. The minimum Gasteiger partial charge on any atom is -0.379 e. The van der Waals surface area contributed by atoms with Crippen LogP contribution in [-0.4, -0.2) is 62.7 Å². The minimum absolute atomic E-state index is 0.0140. The average Bonchev–Trinajstić information content (AvgIpc) is 2.54. The Morgan fingerprint density at radius 3 is 2.67 bits per heavy atom. The van der Waals surface area contributed by atoms with E-state index in [0.717, 1.165) is 42.9 Å². The molecule has 1 heterocycles. The highest BCUT2D eigenvalue weighted by atomic mass is 79.9. The molecule has 132 valence electrons. The van der Waals surface area contributed by atoms with Gasteiger partial charge in [-0.1, -0.05) is 6.07 Å². The van der Waals surface area contributed by atoms with Crippen molar-refractivity contribution in [3.8, 4) is 0 Å². The Hall–Kier alpha value is -1.44. The van der Waals surface area contributed by atoms with Gasteiger partial charge in [-0.05, 0) is 40.5 Å². The molecule has 1 aliphatic rings. The number of ether oxygens (including phenoxy) is 1. The summed E-state index contributed by atoms with van der Waals surface area (Å²) in [4.78, 5) is 27.9. The number of nitrogens with one attached hydrogen (secondary N) is 1. The number of rotatable bonds is 6. The van der Waals surface area contributed by atoms with E-state index in [-0.39, 0.29) is 18.4 Å². The van der Waals surface area contributed by atoms with E-state index in [0.29, 0.717) is 12.2 Å². The van der Waals surface area contributed by atoms with Crippen LogP contribution in [0.3, 0.4) is 0 Å². The molecule has 0 unspecified atom stereocenters. The normalized spacial score (nSPS) is 15.1. The maximum Gasteiger partial charge on any atom is 0.240 e. The third-order valence-electron chi connectivity index (χ3n) is 3.93. The second-order valence-electron chi connectivity index (χ2n) is 5.86. The van der Waals surface area contributed by atoms with Crippen LogP contribution in [0, 0.1) is 6.92 Å². The number of morpholine rings is 1. The van der Waals surface area contributed by atoms with Gasteiger partial charge in [-0.2, -0.15) is 0 Å². The second-order valence-corrected chi connectivity index (χ2v) is 6.72. The van der Waals surface area contributed by atoms with Gasteiger partial charge in [-0.3, -0.25) is 14.5 Å². The van der Waals surface area contributed by atoms with E-state index >= 15 is 0 Å². The van der Waals surface area contributed by atoms with Gasteiger partial charge in [0.1, 0.15) is 6.54 Å². The number of aryl methyl sites for hydroxylation is 1. The highest BCUT2D eigenvalue weighted by Crippen LogP contribution is 2.27. The van der Waals surface area contributed by atoms with Gasteiger partial charge in [-0.25, -0.2) is 0 Å². The van der Waals surface area contributed by atoms with Crippen molar-refractivity contribution in [2.75, 3.05) is 50.8 Å². The van der Waals surface area contributed by atoms with Crippen LogP contribution in [0.25, 0.3) is 0 Å². The first-order valence-electron chi connectivity index (χ1n) is 8.08. The number of carbonyl (C=O) groups is 2. The largest absolute Gasteiger partial charge is 0.379 e. The summed E-state index contributed by atoms with van der Waals surface area (Å²) in [5.41, 5.74) is 1.79. The molecule has 7 heteroatoms. The van der Waals surface area contributed by atoms with Crippen LogP contribution < -0.4 is 10.2 Å². The summed E-state index contributed by atoms with van der Waals surface area (Å²) < 4.78 is 6.10. The fourth-order valence-electron chi connectivity index (χ4n) is 2.57. The summed E-state index contributed by atoms with van der Waals surface area (Å²) in [6, 6.07) is 5.70. The summed E-state index contributed by atoms with van der Waals surface area (Å²) in [7, 11) is 0. The number of carbonyl (C=O) groups excluding carboxylic acids is 2. The van der Waals surface area contributed by atoms with E-state index in [2.05, 4.69) is 26.1 Å². The zero-order chi connectivity index (χ0) is 17.5. The van der Waals surface area contributed by atoms with Gasteiger partial charge in [0.25, 0.3) is 0 Å². The van der Waals surface area contributed by atoms with Crippen LogP contribution in [0.4, 0.5) is 5.69 Å². The summed E-state index contributed by atoms with van der Waals surface area (Å²) in [5.74, 6) is -0.325.